The number of nitrogens with zero attached hydrogens (tertiary/aromatic N) is 1. The number of primary amides is 1. The Bertz CT molecular complexity index is 662. The molecule has 146 valence electrons. The molecule has 1 aliphatic rings. The Morgan fingerprint density at radius 3 is 2.54 bits per heavy atom. The van der Waals surface area contributed by atoms with Crippen LogP contribution in [0.2, 0.25) is 10.0 Å². The van der Waals surface area contributed by atoms with Gasteiger partial charge in [-0.2, -0.15) is 0 Å². The van der Waals surface area contributed by atoms with Crippen LogP contribution in [0.4, 0.5) is 8.78 Å². The summed E-state index contributed by atoms with van der Waals surface area (Å²) in [6, 6.07) is 4.23. The average molecular weight is 431 g/mol. The second-order valence-corrected chi connectivity index (χ2v) is 6.87. The van der Waals surface area contributed by atoms with E-state index in [-0.39, 0.29) is 44.8 Å². The van der Waals surface area contributed by atoms with Gasteiger partial charge in [-0.3, -0.25) is 9.59 Å². The van der Waals surface area contributed by atoms with Crippen LogP contribution in [0.3, 0.4) is 0 Å². The number of halogens is 5. The number of hydrogen-bond acceptors (Lipinski definition) is 3. The van der Waals surface area contributed by atoms with E-state index in [9.17, 15) is 18.4 Å². The van der Waals surface area contributed by atoms with Gasteiger partial charge >= 0.3 is 0 Å². The first-order chi connectivity index (χ1) is 11.7. The van der Waals surface area contributed by atoms with Gasteiger partial charge in [0.25, 0.3) is 5.92 Å². The Morgan fingerprint density at radius 2 is 2.00 bits per heavy atom. The van der Waals surface area contributed by atoms with E-state index in [1.807, 2.05) is 0 Å². The number of hydrogen-bond donors (Lipinski definition) is 2. The molecule has 0 aliphatic carbocycles. The van der Waals surface area contributed by atoms with Gasteiger partial charge in [-0.05, 0) is 24.1 Å². The second-order valence-electron chi connectivity index (χ2n) is 6.05. The number of carbonyl (C=O) groups excluding carboxylic acids is 2. The molecule has 1 atom stereocenters. The molecule has 1 unspecified atom stereocenters. The molecule has 1 fully saturated rings. The standard InChI is InChI=1S/C16H19Cl2F2N3O2.ClH/c17-11-2-1-10(7-12(11)18)8-22-13(3-4-14(21)24)15(25)23-6-5-16(19,20)9-23;/h1-2,7,13,22H,3-6,8-9H2,(H2,21,24);1H. The van der Waals surface area contributed by atoms with Crippen LogP contribution in [0.5, 0.6) is 0 Å². The molecule has 0 radical (unpaired) electrons. The first kappa shape index (κ1) is 22.9. The predicted octanol–water partition coefficient (Wildman–Crippen LogP) is 3.01. The van der Waals surface area contributed by atoms with Crippen LogP contribution in [-0.2, 0) is 16.1 Å². The number of alkyl halides is 2. The van der Waals surface area contributed by atoms with Crippen molar-refractivity contribution in [2.24, 2.45) is 5.73 Å². The van der Waals surface area contributed by atoms with Gasteiger partial charge in [-0.1, -0.05) is 29.3 Å². The van der Waals surface area contributed by atoms with E-state index < -0.39 is 30.3 Å². The molecule has 3 N–H and O–H groups in total. The van der Waals surface area contributed by atoms with Gasteiger partial charge in [0.2, 0.25) is 11.8 Å². The van der Waals surface area contributed by atoms with Crippen molar-refractivity contribution in [2.45, 2.75) is 37.8 Å². The highest BCUT2D eigenvalue weighted by Crippen LogP contribution is 2.27. The minimum atomic E-state index is -2.87. The summed E-state index contributed by atoms with van der Waals surface area (Å²) >= 11 is 11.8. The number of nitrogens with two attached hydrogens (primary N) is 1. The number of amides is 2. The lowest BCUT2D eigenvalue weighted by Gasteiger charge is -2.24. The Labute approximate surface area is 166 Å². The quantitative estimate of drug-likeness (QED) is 0.698. The summed E-state index contributed by atoms with van der Waals surface area (Å²) in [7, 11) is 0. The van der Waals surface area contributed by atoms with Crippen molar-refractivity contribution in [3.8, 4) is 0 Å². The SMILES string of the molecule is Cl.NC(=O)CCC(NCc1ccc(Cl)c(Cl)c1)C(=O)N1CCC(F)(F)C1. The molecule has 1 aliphatic heterocycles. The summed E-state index contributed by atoms with van der Waals surface area (Å²) in [6.07, 6.45) is -0.235. The third-order valence-electron chi connectivity index (χ3n) is 4.00. The van der Waals surface area contributed by atoms with Gasteiger partial charge < -0.3 is 16.0 Å². The van der Waals surface area contributed by atoms with Gasteiger partial charge in [0, 0.05) is 25.9 Å². The lowest BCUT2D eigenvalue weighted by molar-refractivity contribution is -0.134. The number of carbonyl (C=O) groups is 2. The van der Waals surface area contributed by atoms with E-state index in [1.165, 1.54) is 0 Å². The molecular formula is C16H20Cl3F2N3O2. The van der Waals surface area contributed by atoms with Crippen LogP contribution < -0.4 is 11.1 Å². The van der Waals surface area contributed by atoms with E-state index in [1.54, 1.807) is 18.2 Å². The molecule has 26 heavy (non-hydrogen) atoms. The van der Waals surface area contributed by atoms with Crippen molar-refractivity contribution in [3.63, 3.8) is 0 Å². The lowest BCUT2D eigenvalue weighted by Crippen LogP contribution is -2.46. The molecule has 2 amide bonds. The zero-order valence-corrected chi connectivity index (χ0v) is 16.1. The number of likely N-dealkylation sites (tertiary alicyclic amines) is 1. The highest BCUT2D eigenvalue weighted by molar-refractivity contribution is 6.42. The molecule has 1 aromatic rings. The van der Waals surface area contributed by atoms with E-state index >= 15 is 0 Å². The van der Waals surface area contributed by atoms with Crippen molar-refractivity contribution in [3.05, 3.63) is 33.8 Å². The molecule has 1 saturated heterocycles. The fraction of sp³-hybridized carbons (Fsp3) is 0.500. The minimum Gasteiger partial charge on any atom is -0.370 e. The second kappa shape index (κ2) is 9.69. The molecule has 0 saturated carbocycles. The predicted molar refractivity (Wildman–Crippen MR) is 98.9 cm³/mol. The molecule has 1 aromatic carbocycles. The first-order valence-electron chi connectivity index (χ1n) is 7.80. The van der Waals surface area contributed by atoms with E-state index in [2.05, 4.69) is 5.32 Å². The smallest absolute Gasteiger partial charge is 0.267 e. The van der Waals surface area contributed by atoms with Crippen LogP contribution in [-0.4, -0.2) is 41.8 Å². The summed E-state index contributed by atoms with van der Waals surface area (Å²) in [6.45, 7) is -0.336. The van der Waals surface area contributed by atoms with Gasteiger partial charge in [0.1, 0.15) is 0 Å². The van der Waals surface area contributed by atoms with Crippen molar-refractivity contribution >= 4 is 47.4 Å². The summed E-state index contributed by atoms with van der Waals surface area (Å²) in [4.78, 5) is 24.7. The molecule has 5 nitrogen and oxygen atoms in total. The molecule has 0 spiro atoms. The Kier molecular flexibility index (Phi) is 8.53. The normalized spacial score (nSPS) is 16.8. The molecular weight excluding hydrogens is 411 g/mol. The summed E-state index contributed by atoms with van der Waals surface area (Å²) in [5, 5.41) is 3.78. The maximum absolute atomic E-state index is 13.3. The fourth-order valence-corrected chi connectivity index (χ4v) is 2.96. The topological polar surface area (TPSA) is 75.4 Å². The molecule has 0 aromatic heterocycles. The number of nitrogens with one attached hydrogen (secondary N) is 1. The molecule has 0 bridgehead atoms. The summed E-state index contributed by atoms with van der Waals surface area (Å²) in [5.41, 5.74) is 5.91. The molecule has 10 heteroatoms. The molecule has 2 rings (SSSR count). The van der Waals surface area contributed by atoms with Gasteiger partial charge in [-0.25, -0.2) is 8.78 Å². The van der Waals surface area contributed by atoms with Crippen molar-refractivity contribution in [1.29, 1.82) is 0 Å². The highest BCUT2D eigenvalue weighted by Gasteiger charge is 2.41. The Hall–Kier alpha value is -1.15. The van der Waals surface area contributed by atoms with Crippen molar-refractivity contribution < 1.29 is 18.4 Å². The summed E-state index contributed by atoms with van der Waals surface area (Å²) in [5.74, 6) is -3.88. The van der Waals surface area contributed by atoms with Crippen LogP contribution >= 0.6 is 35.6 Å². The van der Waals surface area contributed by atoms with E-state index in [0.717, 1.165) is 10.5 Å². The maximum atomic E-state index is 13.3. The third kappa shape index (κ3) is 6.54. The molecule has 1 heterocycles. The van der Waals surface area contributed by atoms with E-state index in [0.29, 0.717) is 10.0 Å². The number of rotatable bonds is 7. The fourth-order valence-electron chi connectivity index (χ4n) is 2.63. The van der Waals surface area contributed by atoms with Crippen LogP contribution in [0.1, 0.15) is 24.8 Å². The zero-order chi connectivity index (χ0) is 18.6. The third-order valence-corrected chi connectivity index (χ3v) is 4.73. The van der Waals surface area contributed by atoms with Crippen LogP contribution in [0.15, 0.2) is 18.2 Å². The zero-order valence-electron chi connectivity index (χ0n) is 13.8. The average Bonchev–Trinajstić information content (AvgIpc) is 2.90. The Morgan fingerprint density at radius 1 is 1.31 bits per heavy atom. The van der Waals surface area contributed by atoms with Crippen molar-refractivity contribution in [2.75, 3.05) is 13.1 Å². The van der Waals surface area contributed by atoms with E-state index in [4.69, 9.17) is 28.9 Å². The van der Waals surface area contributed by atoms with Gasteiger partial charge in [0.05, 0.1) is 22.6 Å². The first-order valence-corrected chi connectivity index (χ1v) is 8.56. The summed E-state index contributed by atoms with van der Waals surface area (Å²) < 4.78 is 26.7. The van der Waals surface area contributed by atoms with Crippen LogP contribution in [0, 0.1) is 0 Å². The maximum Gasteiger partial charge on any atom is 0.267 e. The highest BCUT2D eigenvalue weighted by atomic mass is 35.5. The monoisotopic (exact) mass is 429 g/mol. The van der Waals surface area contributed by atoms with Gasteiger partial charge in [0.15, 0.2) is 0 Å². The largest absolute Gasteiger partial charge is 0.370 e. The Balaban J connectivity index is 0.00000338. The lowest BCUT2D eigenvalue weighted by atomic mass is 10.1. The van der Waals surface area contributed by atoms with Crippen LogP contribution in [0.25, 0.3) is 0 Å². The van der Waals surface area contributed by atoms with Crippen molar-refractivity contribution in [1.82, 2.24) is 10.2 Å². The number of benzene rings is 1. The van der Waals surface area contributed by atoms with Gasteiger partial charge in [-0.15, -0.1) is 12.4 Å². The minimum absolute atomic E-state index is 0.